The van der Waals surface area contributed by atoms with Crippen molar-refractivity contribution in [2.24, 2.45) is 0 Å². The van der Waals surface area contributed by atoms with Crippen LogP contribution in [-0.4, -0.2) is 41.6 Å². The molecule has 3 aromatic carbocycles. The van der Waals surface area contributed by atoms with E-state index in [0.717, 1.165) is 17.5 Å². The minimum atomic E-state index is -0.922. The Morgan fingerprint density at radius 2 is 1.85 bits per heavy atom. The maximum absolute atomic E-state index is 13.6. The van der Waals surface area contributed by atoms with Crippen molar-refractivity contribution in [3.63, 3.8) is 0 Å². The fourth-order valence-corrected chi connectivity index (χ4v) is 6.03. The highest BCUT2D eigenvalue weighted by Crippen LogP contribution is 2.45. The third-order valence-electron chi connectivity index (χ3n) is 6.77. The smallest absolute Gasteiger partial charge is 0.301 e. The lowest BCUT2D eigenvalue weighted by atomic mass is 9.95. The molecule has 4 aromatic rings. The molecule has 0 spiro atoms. The molecule has 1 N–H and O–H groups in total. The number of hydrogen-bond acceptors (Lipinski definition) is 8. The van der Waals surface area contributed by atoms with Gasteiger partial charge >= 0.3 is 5.91 Å². The van der Waals surface area contributed by atoms with Crippen LogP contribution < -0.4 is 19.1 Å². The summed E-state index contributed by atoms with van der Waals surface area (Å²) in [7, 11) is 0. The van der Waals surface area contributed by atoms with Gasteiger partial charge in [0.05, 0.1) is 28.4 Å². The average molecular weight is 577 g/mol. The summed E-state index contributed by atoms with van der Waals surface area (Å²) in [5.74, 6) is -0.217. The summed E-state index contributed by atoms with van der Waals surface area (Å²) in [5.41, 5.74) is 1.57. The highest BCUT2D eigenvalue weighted by atomic mass is 35.5. The van der Waals surface area contributed by atoms with Gasteiger partial charge in [0.15, 0.2) is 16.6 Å². The number of ether oxygens (including phenoxy) is 3. The second kappa shape index (κ2) is 10.8. The number of aliphatic hydroxyl groups excluding tert-OH is 1. The number of rotatable bonds is 7. The predicted molar refractivity (Wildman–Crippen MR) is 154 cm³/mol. The summed E-state index contributed by atoms with van der Waals surface area (Å²) in [6.45, 7) is 3.48. The molecule has 1 unspecified atom stereocenters. The predicted octanol–water partition coefficient (Wildman–Crippen LogP) is 6.53. The Labute approximate surface area is 239 Å². The zero-order valence-electron chi connectivity index (χ0n) is 21.6. The van der Waals surface area contributed by atoms with Crippen LogP contribution in [0.5, 0.6) is 17.2 Å². The average Bonchev–Trinajstić information content (AvgIpc) is 3.50. The van der Waals surface area contributed by atoms with E-state index in [1.54, 1.807) is 60.7 Å². The maximum Gasteiger partial charge on any atom is 0.301 e. The van der Waals surface area contributed by atoms with Gasteiger partial charge < -0.3 is 19.3 Å². The van der Waals surface area contributed by atoms with Gasteiger partial charge in [-0.1, -0.05) is 48.4 Å². The number of Topliss-reactive ketones (excluding diaryl/α,β-unsaturated/α-hetero) is 1. The fraction of sp³-hybridized carbons (Fsp3) is 0.233. The zero-order valence-corrected chi connectivity index (χ0v) is 23.1. The molecule has 10 heteroatoms. The van der Waals surface area contributed by atoms with E-state index in [4.69, 9.17) is 25.8 Å². The van der Waals surface area contributed by atoms with Crippen molar-refractivity contribution in [3.05, 3.63) is 82.4 Å². The Morgan fingerprint density at radius 3 is 2.62 bits per heavy atom. The van der Waals surface area contributed by atoms with Crippen LogP contribution in [0.15, 0.2) is 66.2 Å². The molecule has 0 radical (unpaired) electrons. The number of fused-ring (bicyclic) bond motifs is 2. The van der Waals surface area contributed by atoms with Crippen LogP contribution in [0.1, 0.15) is 36.9 Å². The largest absolute Gasteiger partial charge is 0.507 e. The standard InChI is InChI=1S/C30H25ClN2O6S/c1-2-3-12-37-20-8-4-17(5-9-20)26-25(27(34)18-6-11-22-23(15-18)39-14-13-38-22)28(35)29(36)33(26)30-32-21-10-7-19(31)16-24(21)40-30/h4-11,15-16,26,34H,2-3,12-14H2,1H3. The third kappa shape index (κ3) is 4.76. The van der Waals surface area contributed by atoms with Crippen molar-refractivity contribution in [1.82, 2.24) is 4.98 Å². The molecule has 1 amide bonds. The monoisotopic (exact) mass is 576 g/mol. The molecule has 1 saturated heterocycles. The first-order chi connectivity index (χ1) is 19.4. The lowest BCUT2D eigenvalue weighted by Crippen LogP contribution is -2.29. The minimum Gasteiger partial charge on any atom is -0.507 e. The van der Waals surface area contributed by atoms with Gasteiger partial charge in [0.1, 0.15) is 24.7 Å². The number of aromatic nitrogens is 1. The molecule has 0 saturated carbocycles. The van der Waals surface area contributed by atoms with Crippen LogP contribution in [0, 0.1) is 0 Å². The lowest BCUT2D eigenvalue weighted by molar-refractivity contribution is -0.132. The number of anilines is 1. The van der Waals surface area contributed by atoms with Gasteiger partial charge in [0.25, 0.3) is 5.78 Å². The number of benzene rings is 3. The van der Waals surface area contributed by atoms with Crippen LogP contribution in [0.4, 0.5) is 5.13 Å². The Bertz CT molecular complexity index is 1650. The van der Waals surface area contributed by atoms with Gasteiger partial charge in [0.2, 0.25) is 0 Å². The van der Waals surface area contributed by atoms with E-state index >= 15 is 0 Å². The Kier molecular flexibility index (Phi) is 7.08. The van der Waals surface area contributed by atoms with Crippen molar-refractivity contribution in [2.45, 2.75) is 25.8 Å². The van der Waals surface area contributed by atoms with E-state index in [-0.39, 0.29) is 11.3 Å². The number of ketones is 1. The summed E-state index contributed by atoms with van der Waals surface area (Å²) in [6.07, 6.45) is 1.94. The van der Waals surface area contributed by atoms with Gasteiger partial charge in [-0.05, 0) is 60.5 Å². The summed E-state index contributed by atoms with van der Waals surface area (Å²) in [4.78, 5) is 33.1. The summed E-state index contributed by atoms with van der Waals surface area (Å²) < 4.78 is 17.8. The number of carbonyl (C=O) groups excluding carboxylic acids is 2. The summed E-state index contributed by atoms with van der Waals surface area (Å²) in [6, 6.07) is 16.4. The topological polar surface area (TPSA) is 98.2 Å². The van der Waals surface area contributed by atoms with E-state index in [9.17, 15) is 14.7 Å². The van der Waals surface area contributed by atoms with Gasteiger partial charge in [-0.15, -0.1) is 0 Å². The zero-order chi connectivity index (χ0) is 27.8. The molecule has 40 heavy (non-hydrogen) atoms. The van der Waals surface area contributed by atoms with Gasteiger partial charge in [-0.2, -0.15) is 0 Å². The second-order valence-electron chi connectivity index (χ2n) is 9.41. The molecular weight excluding hydrogens is 552 g/mol. The van der Waals surface area contributed by atoms with Crippen LogP contribution >= 0.6 is 22.9 Å². The number of amides is 1. The molecule has 3 heterocycles. The molecule has 1 atom stereocenters. The number of aliphatic hydroxyl groups is 1. The van der Waals surface area contributed by atoms with Crippen molar-refractivity contribution in [1.29, 1.82) is 0 Å². The molecule has 1 aromatic heterocycles. The molecule has 2 aliphatic rings. The molecular formula is C30H25ClN2O6S. The van der Waals surface area contributed by atoms with Gasteiger partial charge in [0, 0.05) is 10.6 Å². The molecule has 0 bridgehead atoms. The van der Waals surface area contributed by atoms with Crippen LogP contribution in [0.25, 0.3) is 16.0 Å². The van der Waals surface area contributed by atoms with Crippen molar-refractivity contribution < 1.29 is 28.9 Å². The number of hydrogen-bond donors (Lipinski definition) is 1. The number of unbranched alkanes of at least 4 members (excludes halogenated alkanes) is 1. The van der Waals surface area contributed by atoms with Crippen LogP contribution in [-0.2, 0) is 9.59 Å². The van der Waals surface area contributed by atoms with Crippen molar-refractivity contribution >= 4 is 55.7 Å². The molecule has 2 aliphatic heterocycles. The molecule has 1 fully saturated rings. The van der Waals surface area contributed by atoms with Crippen molar-refractivity contribution in [3.8, 4) is 17.2 Å². The second-order valence-corrected chi connectivity index (χ2v) is 10.9. The maximum atomic E-state index is 13.6. The molecule has 6 rings (SSSR count). The number of halogens is 1. The summed E-state index contributed by atoms with van der Waals surface area (Å²) in [5, 5.41) is 12.4. The molecule has 204 valence electrons. The van der Waals surface area contributed by atoms with Gasteiger partial charge in [-0.3, -0.25) is 14.5 Å². The lowest BCUT2D eigenvalue weighted by Gasteiger charge is -2.23. The number of carbonyl (C=O) groups is 2. The van der Waals surface area contributed by atoms with E-state index in [1.165, 1.54) is 16.2 Å². The van der Waals surface area contributed by atoms with E-state index in [2.05, 4.69) is 11.9 Å². The Hall–Kier alpha value is -4.08. The first kappa shape index (κ1) is 26.2. The third-order valence-corrected chi connectivity index (χ3v) is 8.02. The van der Waals surface area contributed by atoms with E-state index < -0.39 is 17.7 Å². The minimum absolute atomic E-state index is 0.0429. The number of thiazole rings is 1. The highest BCUT2D eigenvalue weighted by molar-refractivity contribution is 7.22. The van der Waals surface area contributed by atoms with Crippen molar-refractivity contribution in [2.75, 3.05) is 24.7 Å². The summed E-state index contributed by atoms with van der Waals surface area (Å²) >= 11 is 7.43. The first-order valence-corrected chi connectivity index (χ1v) is 14.1. The normalized spacial score (nSPS) is 17.9. The molecule has 8 nitrogen and oxygen atoms in total. The van der Waals surface area contributed by atoms with Gasteiger partial charge in [-0.25, -0.2) is 4.98 Å². The fourth-order valence-electron chi connectivity index (χ4n) is 4.76. The quantitative estimate of drug-likeness (QED) is 0.116. The van der Waals surface area contributed by atoms with Crippen LogP contribution in [0.2, 0.25) is 5.02 Å². The highest BCUT2D eigenvalue weighted by Gasteiger charge is 2.48. The first-order valence-electron chi connectivity index (χ1n) is 12.9. The van der Waals surface area contributed by atoms with E-state index in [0.29, 0.717) is 63.9 Å². The van der Waals surface area contributed by atoms with Crippen LogP contribution in [0.3, 0.4) is 0 Å². The number of nitrogens with zero attached hydrogens (tertiary/aromatic N) is 2. The Morgan fingerprint density at radius 1 is 1.07 bits per heavy atom. The molecule has 0 aliphatic carbocycles. The van der Waals surface area contributed by atoms with E-state index in [1.807, 2.05) is 0 Å². The Balaban J connectivity index is 1.47. The SMILES string of the molecule is CCCCOc1ccc(C2C(=C(O)c3ccc4c(c3)OCCO4)C(=O)C(=O)N2c2nc3ccc(Cl)cc3s2)cc1.